The van der Waals surface area contributed by atoms with Crippen LogP contribution in [0.15, 0.2) is 78.9 Å². The molecule has 0 unspecified atom stereocenters. The van der Waals surface area contributed by atoms with Gasteiger partial charge in [-0.1, -0.05) is 72.8 Å². The minimum atomic E-state index is 0.135. The molecule has 3 aromatic carbocycles. The predicted octanol–water partition coefficient (Wildman–Crippen LogP) is 5.77. The van der Waals surface area contributed by atoms with Gasteiger partial charge in [0.2, 0.25) is 0 Å². The monoisotopic (exact) mass is 300 g/mol. The molecule has 0 bridgehead atoms. The summed E-state index contributed by atoms with van der Waals surface area (Å²) in [5.74, 6) is 0. The van der Waals surface area contributed by atoms with Crippen molar-refractivity contribution in [2.24, 2.45) is 0 Å². The van der Waals surface area contributed by atoms with Crippen molar-refractivity contribution >= 4 is 16.3 Å². The Balaban J connectivity index is 1.69. The van der Waals surface area contributed by atoms with E-state index < -0.39 is 0 Å². The lowest BCUT2D eigenvalue weighted by Gasteiger charge is -2.28. The topological polar surface area (TPSA) is 9.23 Å². The Hall–Kier alpha value is -2.38. The second-order valence-electron chi connectivity index (χ2n) is 6.20. The molecule has 1 heteroatoms. The van der Waals surface area contributed by atoms with Crippen LogP contribution in [-0.2, 0) is 4.74 Å². The van der Waals surface area contributed by atoms with Crippen molar-refractivity contribution in [2.75, 3.05) is 0 Å². The van der Waals surface area contributed by atoms with Gasteiger partial charge in [-0.05, 0) is 40.5 Å². The summed E-state index contributed by atoms with van der Waals surface area (Å²) in [6.07, 6.45) is 3.45. The van der Waals surface area contributed by atoms with Crippen molar-refractivity contribution in [3.05, 3.63) is 90.0 Å². The van der Waals surface area contributed by atoms with E-state index in [0.29, 0.717) is 0 Å². The van der Waals surface area contributed by atoms with Crippen LogP contribution in [0.25, 0.3) is 16.3 Å². The van der Waals surface area contributed by atoms with Crippen LogP contribution in [0.5, 0.6) is 0 Å². The standard InChI is InChI=1S/C22H20O/c1-16-13-21(15-22(23-16)18-8-3-2-4-9-18)20-12-11-17-7-5-6-10-19(17)14-20/h2-14,16,22H,15H2,1H3/t16-,22-/m1/s1. The zero-order chi connectivity index (χ0) is 15.6. The maximum absolute atomic E-state index is 6.14. The Kier molecular flexibility index (Phi) is 3.72. The molecule has 0 amide bonds. The Morgan fingerprint density at radius 3 is 2.39 bits per heavy atom. The first-order valence-electron chi connectivity index (χ1n) is 8.20. The number of hydrogen-bond acceptors (Lipinski definition) is 1. The Morgan fingerprint density at radius 1 is 0.826 bits per heavy atom. The highest BCUT2D eigenvalue weighted by Crippen LogP contribution is 2.36. The molecule has 1 heterocycles. The molecule has 114 valence electrons. The van der Waals surface area contributed by atoms with Crippen molar-refractivity contribution in [2.45, 2.75) is 25.6 Å². The molecule has 1 aliphatic rings. The largest absolute Gasteiger partial charge is 0.366 e. The molecule has 23 heavy (non-hydrogen) atoms. The van der Waals surface area contributed by atoms with E-state index in [-0.39, 0.29) is 12.2 Å². The number of hydrogen-bond donors (Lipinski definition) is 0. The minimum Gasteiger partial charge on any atom is -0.366 e. The average Bonchev–Trinajstić information content (AvgIpc) is 2.61. The van der Waals surface area contributed by atoms with Crippen LogP contribution in [0.4, 0.5) is 0 Å². The van der Waals surface area contributed by atoms with Gasteiger partial charge in [0.1, 0.15) is 0 Å². The highest BCUT2D eigenvalue weighted by molar-refractivity contribution is 5.86. The fourth-order valence-electron chi connectivity index (χ4n) is 3.36. The van der Waals surface area contributed by atoms with Crippen molar-refractivity contribution < 1.29 is 4.74 Å². The molecular weight excluding hydrogens is 280 g/mol. The number of benzene rings is 3. The van der Waals surface area contributed by atoms with Gasteiger partial charge in [0.05, 0.1) is 12.2 Å². The summed E-state index contributed by atoms with van der Waals surface area (Å²) in [6, 6.07) is 25.8. The minimum absolute atomic E-state index is 0.135. The quantitative estimate of drug-likeness (QED) is 0.583. The summed E-state index contributed by atoms with van der Waals surface area (Å²) in [5.41, 5.74) is 3.94. The van der Waals surface area contributed by atoms with E-state index in [4.69, 9.17) is 4.74 Å². The number of ether oxygens (including phenoxy) is 1. The smallest absolute Gasteiger partial charge is 0.0873 e. The Labute approximate surface area is 137 Å². The van der Waals surface area contributed by atoms with Gasteiger partial charge in [-0.15, -0.1) is 0 Å². The van der Waals surface area contributed by atoms with E-state index in [1.54, 1.807) is 0 Å². The summed E-state index contributed by atoms with van der Waals surface area (Å²) in [5, 5.41) is 2.58. The molecule has 0 saturated heterocycles. The normalized spacial score (nSPS) is 21.2. The predicted molar refractivity (Wildman–Crippen MR) is 96.3 cm³/mol. The van der Waals surface area contributed by atoms with Crippen LogP contribution in [0.2, 0.25) is 0 Å². The highest BCUT2D eigenvalue weighted by atomic mass is 16.5. The average molecular weight is 300 g/mol. The van der Waals surface area contributed by atoms with Crippen LogP contribution in [0.1, 0.15) is 30.6 Å². The van der Waals surface area contributed by atoms with Crippen LogP contribution >= 0.6 is 0 Å². The molecule has 0 aromatic heterocycles. The van der Waals surface area contributed by atoms with E-state index in [2.05, 4.69) is 85.8 Å². The first kappa shape index (κ1) is 14.2. The molecule has 1 aliphatic heterocycles. The molecule has 0 radical (unpaired) electrons. The van der Waals surface area contributed by atoms with E-state index in [1.807, 2.05) is 0 Å². The lowest BCUT2D eigenvalue weighted by atomic mass is 9.91. The molecule has 2 atom stereocenters. The van der Waals surface area contributed by atoms with Gasteiger partial charge in [0.25, 0.3) is 0 Å². The maximum atomic E-state index is 6.14. The lowest BCUT2D eigenvalue weighted by Crippen LogP contribution is -2.17. The third-order valence-corrected chi connectivity index (χ3v) is 4.51. The van der Waals surface area contributed by atoms with E-state index in [1.165, 1.54) is 27.5 Å². The van der Waals surface area contributed by atoms with Crippen molar-refractivity contribution in [3.63, 3.8) is 0 Å². The van der Waals surface area contributed by atoms with E-state index in [0.717, 1.165) is 6.42 Å². The highest BCUT2D eigenvalue weighted by Gasteiger charge is 2.22. The van der Waals surface area contributed by atoms with Crippen molar-refractivity contribution in [3.8, 4) is 0 Å². The van der Waals surface area contributed by atoms with Crippen LogP contribution in [0, 0.1) is 0 Å². The molecule has 0 aliphatic carbocycles. The molecule has 1 nitrogen and oxygen atoms in total. The van der Waals surface area contributed by atoms with Gasteiger partial charge in [-0.25, -0.2) is 0 Å². The summed E-state index contributed by atoms with van der Waals surface area (Å²) in [7, 11) is 0. The Morgan fingerprint density at radius 2 is 1.57 bits per heavy atom. The SMILES string of the molecule is C[C@@H]1C=C(c2ccc3ccccc3c2)C[C@H](c2ccccc2)O1. The van der Waals surface area contributed by atoms with Gasteiger partial charge in [0, 0.05) is 6.42 Å². The first-order valence-corrected chi connectivity index (χ1v) is 8.20. The van der Waals surface area contributed by atoms with Crippen molar-refractivity contribution in [1.82, 2.24) is 0 Å². The van der Waals surface area contributed by atoms with E-state index in [9.17, 15) is 0 Å². The zero-order valence-corrected chi connectivity index (χ0v) is 13.3. The molecule has 0 fully saturated rings. The van der Waals surface area contributed by atoms with Crippen molar-refractivity contribution in [1.29, 1.82) is 0 Å². The fraction of sp³-hybridized carbons (Fsp3) is 0.182. The molecule has 0 spiro atoms. The van der Waals surface area contributed by atoms with Crippen LogP contribution in [-0.4, -0.2) is 6.10 Å². The molecule has 0 N–H and O–H groups in total. The number of rotatable bonds is 2. The van der Waals surface area contributed by atoms with Gasteiger partial charge in [-0.2, -0.15) is 0 Å². The Bertz CT molecular complexity index is 848. The fourth-order valence-corrected chi connectivity index (χ4v) is 3.36. The summed E-state index contributed by atoms with van der Waals surface area (Å²) in [4.78, 5) is 0. The molecule has 3 aromatic rings. The zero-order valence-electron chi connectivity index (χ0n) is 13.3. The summed E-state index contributed by atoms with van der Waals surface area (Å²) in [6.45, 7) is 2.12. The van der Waals surface area contributed by atoms with Gasteiger partial charge >= 0.3 is 0 Å². The number of fused-ring (bicyclic) bond motifs is 1. The van der Waals surface area contributed by atoms with Gasteiger partial charge in [0.15, 0.2) is 0 Å². The van der Waals surface area contributed by atoms with E-state index >= 15 is 0 Å². The summed E-state index contributed by atoms with van der Waals surface area (Å²) >= 11 is 0. The van der Waals surface area contributed by atoms with Gasteiger partial charge in [-0.3, -0.25) is 0 Å². The molecule has 0 saturated carbocycles. The second kappa shape index (κ2) is 6.02. The third-order valence-electron chi connectivity index (χ3n) is 4.51. The van der Waals surface area contributed by atoms with Crippen LogP contribution in [0.3, 0.4) is 0 Å². The first-order chi connectivity index (χ1) is 11.3. The lowest BCUT2D eigenvalue weighted by molar-refractivity contribution is 0.0174. The molecular formula is C22H20O. The van der Waals surface area contributed by atoms with Crippen LogP contribution < -0.4 is 0 Å². The third kappa shape index (κ3) is 2.93. The maximum Gasteiger partial charge on any atom is 0.0873 e. The van der Waals surface area contributed by atoms with Gasteiger partial charge < -0.3 is 4.74 Å². The summed E-state index contributed by atoms with van der Waals surface area (Å²) < 4.78 is 6.14. The second-order valence-corrected chi connectivity index (χ2v) is 6.20. The molecule has 4 rings (SSSR count).